The maximum Gasteiger partial charge on any atom is 0.272 e. The van der Waals surface area contributed by atoms with Crippen molar-refractivity contribution in [1.29, 1.82) is 0 Å². The first kappa shape index (κ1) is 17.6. The van der Waals surface area contributed by atoms with Crippen molar-refractivity contribution in [1.82, 2.24) is 20.5 Å². The normalized spacial score (nSPS) is 10.9. The van der Waals surface area contributed by atoms with Gasteiger partial charge in [0.05, 0.1) is 22.8 Å². The van der Waals surface area contributed by atoms with Gasteiger partial charge in [0, 0.05) is 10.4 Å². The summed E-state index contributed by atoms with van der Waals surface area (Å²) in [6, 6.07) is 13.9. The number of benzene rings is 1. The molecule has 0 saturated carbocycles. The van der Waals surface area contributed by atoms with Crippen LogP contribution in [0.15, 0.2) is 47.8 Å². The van der Waals surface area contributed by atoms with Crippen LogP contribution in [-0.2, 0) is 6.54 Å². The van der Waals surface area contributed by atoms with Gasteiger partial charge in [0.1, 0.15) is 5.01 Å². The molecular formula is C20H18N4OS2. The van der Waals surface area contributed by atoms with Crippen LogP contribution >= 0.6 is 22.7 Å². The number of aryl methyl sites for hydroxylation is 2. The molecule has 0 fully saturated rings. The van der Waals surface area contributed by atoms with E-state index in [9.17, 15) is 4.79 Å². The molecular weight excluding hydrogens is 376 g/mol. The number of hydrogen-bond donors (Lipinski definition) is 2. The Morgan fingerprint density at radius 3 is 2.81 bits per heavy atom. The lowest BCUT2D eigenvalue weighted by atomic mass is 10.1. The fourth-order valence-corrected chi connectivity index (χ4v) is 4.55. The molecule has 1 aromatic carbocycles. The van der Waals surface area contributed by atoms with E-state index in [1.165, 1.54) is 5.56 Å². The Kier molecular flexibility index (Phi) is 4.87. The highest BCUT2D eigenvalue weighted by Gasteiger charge is 2.15. The number of amides is 1. The number of H-pyrrole nitrogens is 1. The highest BCUT2D eigenvalue weighted by molar-refractivity contribution is 7.15. The third-order valence-electron chi connectivity index (χ3n) is 4.27. The zero-order valence-electron chi connectivity index (χ0n) is 14.9. The van der Waals surface area contributed by atoms with Gasteiger partial charge in [-0.1, -0.05) is 30.3 Å². The molecule has 0 aliphatic rings. The number of nitrogens with one attached hydrogen (secondary N) is 2. The fraction of sp³-hybridized carbons (Fsp3) is 0.150. The number of thiazole rings is 1. The van der Waals surface area contributed by atoms with Gasteiger partial charge in [-0.15, -0.1) is 22.7 Å². The first-order valence-corrected chi connectivity index (χ1v) is 10.2. The molecule has 2 N–H and O–H groups in total. The summed E-state index contributed by atoms with van der Waals surface area (Å²) in [7, 11) is 0. The average Bonchev–Trinajstić information content (AvgIpc) is 3.40. The molecule has 0 atom stereocenters. The van der Waals surface area contributed by atoms with Crippen LogP contribution in [-0.4, -0.2) is 21.1 Å². The van der Waals surface area contributed by atoms with Gasteiger partial charge in [-0.2, -0.15) is 5.10 Å². The predicted octanol–water partition coefficient (Wildman–Crippen LogP) is 4.81. The fourth-order valence-electron chi connectivity index (χ4n) is 2.77. The smallest absolute Gasteiger partial charge is 0.272 e. The first-order chi connectivity index (χ1) is 13.1. The average molecular weight is 395 g/mol. The second kappa shape index (κ2) is 7.46. The van der Waals surface area contributed by atoms with Crippen molar-refractivity contribution in [3.8, 4) is 21.1 Å². The Balaban J connectivity index is 1.46. The predicted molar refractivity (Wildman–Crippen MR) is 110 cm³/mol. The van der Waals surface area contributed by atoms with Crippen molar-refractivity contribution in [2.45, 2.75) is 20.4 Å². The minimum Gasteiger partial charge on any atom is -0.346 e. The molecule has 3 heterocycles. The summed E-state index contributed by atoms with van der Waals surface area (Å²) >= 11 is 3.22. The molecule has 0 unspecified atom stereocenters. The second-order valence-corrected chi connectivity index (χ2v) is 8.20. The van der Waals surface area contributed by atoms with Crippen molar-refractivity contribution < 1.29 is 4.79 Å². The van der Waals surface area contributed by atoms with Crippen LogP contribution in [0.3, 0.4) is 0 Å². The van der Waals surface area contributed by atoms with Crippen LogP contribution in [0.4, 0.5) is 0 Å². The van der Waals surface area contributed by atoms with Gasteiger partial charge in [-0.25, -0.2) is 4.98 Å². The lowest BCUT2D eigenvalue weighted by Gasteiger charge is -2.01. The van der Waals surface area contributed by atoms with E-state index in [2.05, 4.69) is 39.6 Å². The van der Waals surface area contributed by atoms with E-state index in [4.69, 9.17) is 0 Å². The molecule has 0 aliphatic carbocycles. The third-order valence-corrected chi connectivity index (χ3v) is 6.37. The van der Waals surface area contributed by atoms with E-state index in [1.807, 2.05) is 36.6 Å². The molecule has 4 rings (SSSR count). The Hall–Kier alpha value is -2.77. The van der Waals surface area contributed by atoms with Crippen LogP contribution < -0.4 is 5.32 Å². The summed E-state index contributed by atoms with van der Waals surface area (Å²) in [5.41, 5.74) is 4.51. The van der Waals surface area contributed by atoms with Gasteiger partial charge in [0.25, 0.3) is 5.91 Å². The molecule has 27 heavy (non-hydrogen) atoms. The Morgan fingerprint density at radius 2 is 2.04 bits per heavy atom. The number of rotatable bonds is 5. The number of hydrogen-bond acceptors (Lipinski definition) is 5. The molecule has 0 spiro atoms. The van der Waals surface area contributed by atoms with Gasteiger partial charge in [-0.3, -0.25) is 9.89 Å². The van der Waals surface area contributed by atoms with E-state index in [-0.39, 0.29) is 5.91 Å². The van der Waals surface area contributed by atoms with Crippen molar-refractivity contribution in [2.75, 3.05) is 0 Å². The minimum absolute atomic E-state index is 0.195. The standard InChI is InChI=1S/C20H18N4OS2/c1-12-6-3-4-7-14(12)20-22-13(2)18(27-20)11-21-19(25)16-10-15(23-24-16)17-8-5-9-26-17/h3-10H,11H2,1-2H3,(H,21,25)(H,23,24). The minimum atomic E-state index is -0.195. The summed E-state index contributed by atoms with van der Waals surface area (Å²) in [6.07, 6.45) is 0. The van der Waals surface area contributed by atoms with Gasteiger partial charge in [-0.05, 0) is 36.9 Å². The SMILES string of the molecule is Cc1ccccc1-c1nc(C)c(CNC(=O)c2cc(-c3cccs3)[nH]n2)s1. The molecule has 136 valence electrons. The quantitative estimate of drug-likeness (QED) is 0.510. The number of aromatic amines is 1. The number of aromatic nitrogens is 3. The van der Waals surface area contributed by atoms with Crippen LogP contribution in [0.2, 0.25) is 0 Å². The zero-order chi connectivity index (χ0) is 18.8. The van der Waals surface area contributed by atoms with Crippen molar-refractivity contribution >= 4 is 28.6 Å². The molecule has 5 nitrogen and oxygen atoms in total. The van der Waals surface area contributed by atoms with Crippen molar-refractivity contribution in [2.24, 2.45) is 0 Å². The maximum atomic E-state index is 12.4. The van der Waals surface area contributed by atoms with Gasteiger partial charge in [0.15, 0.2) is 5.69 Å². The van der Waals surface area contributed by atoms with Crippen molar-refractivity contribution in [3.63, 3.8) is 0 Å². The van der Waals surface area contributed by atoms with Gasteiger partial charge < -0.3 is 5.32 Å². The highest BCUT2D eigenvalue weighted by Crippen LogP contribution is 2.30. The lowest BCUT2D eigenvalue weighted by molar-refractivity contribution is 0.0946. The Morgan fingerprint density at radius 1 is 1.19 bits per heavy atom. The van der Waals surface area contributed by atoms with E-state index in [0.29, 0.717) is 12.2 Å². The Bertz CT molecular complexity index is 1080. The van der Waals surface area contributed by atoms with E-state index in [1.54, 1.807) is 28.7 Å². The summed E-state index contributed by atoms with van der Waals surface area (Å²) in [6.45, 7) is 4.49. The topological polar surface area (TPSA) is 70.7 Å². The Labute approximate surface area is 165 Å². The van der Waals surface area contributed by atoms with Crippen LogP contribution in [0.5, 0.6) is 0 Å². The largest absolute Gasteiger partial charge is 0.346 e. The second-order valence-electron chi connectivity index (χ2n) is 6.17. The van der Waals surface area contributed by atoms with Crippen LogP contribution in [0.25, 0.3) is 21.1 Å². The van der Waals surface area contributed by atoms with Gasteiger partial charge in [0.2, 0.25) is 0 Å². The molecule has 7 heteroatoms. The summed E-state index contributed by atoms with van der Waals surface area (Å²) in [5.74, 6) is -0.195. The van der Waals surface area contributed by atoms with E-state index >= 15 is 0 Å². The monoisotopic (exact) mass is 394 g/mol. The lowest BCUT2D eigenvalue weighted by Crippen LogP contribution is -2.23. The molecule has 4 aromatic rings. The summed E-state index contributed by atoms with van der Waals surface area (Å²) in [5, 5.41) is 13.0. The number of carbonyl (C=O) groups is 1. The van der Waals surface area contributed by atoms with E-state index < -0.39 is 0 Å². The molecule has 0 radical (unpaired) electrons. The highest BCUT2D eigenvalue weighted by atomic mass is 32.1. The first-order valence-electron chi connectivity index (χ1n) is 8.51. The molecule has 3 aromatic heterocycles. The maximum absolute atomic E-state index is 12.4. The number of nitrogens with zero attached hydrogens (tertiary/aromatic N) is 2. The third kappa shape index (κ3) is 3.70. The summed E-state index contributed by atoms with van der Waals surface area (Å²) in [4.78, 5) is 19.2. The number of carbonyl (C=O) groups excluding carboxylic acids is 1. The molecule has 0 bridgehead atoms. The van der Waals surface area contributed by atoms with Crippen molar-refractivity contribution in [3.05, 3.63) is 69.7 Å². The summed E-state index contributed by atoms with van der Waals surface area (Å²) < 4.78 is 0. The molecule has 1 amide bonds. The van der Waals surface area contributed by atoms with Crippen LogP contribution in [0, 0.1) is 13.8 Å². The molecule has 0 saturated heterocycles. The number of thiophene rings is 1. The van der Waals surface area contributed by atoms with Crippen LogP contribution in [0.1, 0.15) is 26.6 Å². The molecule has 0 aliphatic heterocycles. The zero-order valence-corrected chi connectivity index (χ0v) is 16.6. The van der Waals surface area contributed by atoms with E-state index in [0.717, 1.165) is 31.7 Å². The van der Waals surface area contributed by atoms with Gasteiger partial charge >= 0.3 is 0 Å².